The SMILES string of the molecule is CCOC(=O)c1c(N2CCN(C(=O)c3ccco3)CC2)c2ccccc2n(Cc2ccccc2)c1=O. The van der Waals surface area contributed by atoms with Gasteiger partial charge in [0.05, 0.1) is 30.6 Å². The van der Waals surface area contributed by atoms with Crippen LogP contribution in [-0.2, 0) is 11.3 Å². The number of rotatable bonds is 6. The molecule has 36 heavy (non-hydrogen) atoms. The van der Waals surface area contributed by atoms with E-state index in [0.717, 1.165) is 16.5 Å². The zero-order valence-corrected chi connectivity index (χ0v) is 20.1. The van der Waals surface area contributed by atoms with Gasteiger partial charge in [-0.25, -0.2) is 4.79 Å². The van der Waals surface area contributed by atoms with Crippen LogP contribution in [0.5, 0.6) is 0 Å². The molecule has 0 aliphatic carbocycles. The Morgan fingerprint density at radius 2 is 1.64 bits per heavy atom. The molecule has 8 heteroatoms. The Kier molecular flexibility index (Phi) is 6.58. The lowest BCUT2D eigenvalue weighted by Gasteiger charge is -2.37. The number of hydrogen-bond donors (Lipinski definition) is 0. The molecule has 4 aromatic rings. The smallest absolute Gasteiger partial charge is 0.345 e. The lowest BCUT2D eigenvalue weighted by atomic mass is 10.0. The van der Waals surface area contributed by atoms with Crippen molar-refractivity contribution in [2.24, 2.45) is 0 Å². The highest BCUT2D eigenvalue weighted by Gasteiger charge is 2.30. The molecule has 1 saturated heterocycles. The molecule has 0 bridgehead atoms. The summed E-state index contributed by atoms with van der Waals surface area (Å²) < 4.78 is 12.2. The van der Waals surface area contributed by atoms with E-state index in [1.54, 1.807) is 28.5 Å². The number of piperazine rings is 1. The molecule has 1 aliphatic rings. The van der Waals surface area contributed by atoms with Gasteiger partial charge in [0.25, 0.3) is 11.5 Å². The van der Waals surface area contributed by atoms with Crippen molar-refractivity contribution in [2.75, 3.05) is 37.7 Å². The predicted molar refractivity (Wildman–Crippen MR) is 137 cm³/mol. The van der Waals surface area contributed by atoms with Crippen LogP contribution >= 0.6 is 0 Å². The second-order valence-corrected chi connectivity index (χ2v) is 8.59. The molecule has 0 saturated carbocycles. The number of carbonyl (C=O) groups excluding carboxylic acids is 2. The van der Waals surface area contributed by atoms with E-state index in [1.165, 1.54) is 6.26 Å². The van der Waals surface area contributed by atoms with Crippen LogP contribution in [0.4, 0.5) is 5.69 Å². The number of ether oxygens (including phenoxy) is 1. The molecule has 2 aromatic carbocycles. The number of esters is 1. The van der Waals surface area contributed by atoms with Crippen molar-refractivity contribution in [2.45, 2.75) is 13.5 Å². The Morgan fingerprint density at radius 3 is 2.33 bits per heavy atom. The number of benzene rings is 2. The number of nitrogens with zero attached hydrogens (tertiary/aromatic N) is 3. The molecule has 5 rings (SSSR count). The van der Waals surface area contributed by atoms with Gasteiger partial charge in [-0.1, -0.05) is 48.5 Å². The number of carbonyl (C=O) groups is 2. The third kappa shape index (κ3) is 4.37. The molecule has 0 atom stereocenters. The van der Waals surface area contributed by atoms with Crippen LogP contribution in [0.2, 0.25) is 0 Å². The molecule has 1 aliphatic heterocycles. The minimum absolute atomic E-state index is 0.0253. The second kappa shape index (κ2) is 10.1. The van der Waals surface area contributed by atoms with Gasteiger partial charge in [0.15, 0.2) is 5.76 Å². The number of anilines is 1. The van der Waals surface area contributed by atoms with Gasteiger partial charge >= 0.3 is 5.97 Å². The average molecular weight is 486 g/mol. The van der Waals surface area contributed by atoms with E-state index < -0.39 is 5.97 Å². The van der Waals surface area contributed by atoms with Crippen molar-refractivity contribution in [3.05, 3.63) is 100 Å². The van der Waals surface area contributed by atoms with E-state index in [-0.39, 0.29) is 23.6 Å². The maximum atomic E-state index is 13.9. The van der Waals surface area contributed by atoms with E-state index >= 15 is 0 Å². The molecule has 2 aromatic heterocycles. The molecule has 184 valence electrons. The summed E-state index contributed by atoms with van der Waals surface area (Å²) in [6.45, 7) is 4.01. The summed E-state index contributed by atoms with van der Waals surface area (Å²) in [7, 11) is 0. The van der Waals surface area contributed by atoms with E-state index in [4.69, 9.17) is 9.15 Å². The maximum absolute atomic E-state index is 13.9. The average Bonchev–Trinajstić information content (AvgIpc) is 3.45. The Morgan fingerprint density at radius 1 is 0.917 bits per heavy atom. The van der Waals surface area contributed by atoms with E-state index in [0.29, 0.717) is 44.2 Å². The van der Waals surface area contributed by atoms with Crippen LogP contribution in [-0.4, -0.2) is 54.1 Å². The topological polar surface area (TPSA) is 85.0 Å². The third-order valence-corrected chi connectivity index (χ3v) is 6.42. The summed E-state index contributed by atoms with van der Waals surface area (Å²) >= 11 is 0. The molecule has 8 nitrogen and oxygen atoms in total. The Hall–Kier alpha value is -4.33. The summed E-state index contributed by atoms with van der Waals surface area (Å²) in [5.41, 5.74) is 1.89. The van der Waals surface area contributed by atoms with Crippen molar-refractivity contribution in [3.63, 3.8) is 0 Å². The highest BCUT2D eigenvalue weighted by molar-refractivity contribution is 6.05. The Bertz CT molecular complexity index is 1440. The number of para-hydroxylation sites is 1. The normalized spacial score (nSPS) is 13.7. The fourth-order valence-electron chi connectivity index (χ4n) is 4.72. The first-order valence-corrected chi connectivity index (χ1v) is 12.0. The number of amides is 1. The molecule has 0 radical (unpaired) electrons. The monoisotopic (exact) mass is 485 g/mol. The highest BCUT2D eigenvalue weighted by atomic mass is 16.5. The van der Waals surface area contributed by atoms with Gasteiger partial charge in [0, 0.05) is 31.6 Å². The summed E-state index contributed by atoms with van der Waals surface area (Å²) in [4.78, 5) is 43.5. The number of pyridine rings is 1. The largest absolute Gasteiger partial charge is 0.462 e. The number of furan rings is 1. The van der Waals surface area contributed by atoms with Crippen molar-refractivity contribution in [1.82, 2.24) is 9.47 Å². The van der Waals surface area contributed by atoms with Gasteiger partial charge < -0.3 is 23.5 Å². The summed E-state index contributed by atoms with van der Waals surface area (Å²) in [6, 6.07) is 20.6. The molecule has 1 fully saturated rings. The van der Waals surface area contributed by atoms with Crippen molar-refractivity contribution in [1.29, 1.82) is 0 Å². The maximum Gasteiger partial charge on any atom is 0.345 e. The van der Waals surface area contributed by atoms with Crippen LogP contribution in [0, 0.1) is 0 Å². The first kappa shape index (κ1) is 23.4. The van der Waals surface area contributed by atoms with Crippen molar-refractivity contribution in [3.8, 4) is 0 Å². The van der Waals surface area contributed by atoms with Crippen LogP contribution in [0.3, 0.4) is 0 Å². The highest BCUT2D eigenvalue weighted by Crippen LogP contribution is 2.31. The van der Waals surface area contributed by atoms with Crippen molar-refractivity contribution >= 4 is 28.5 Å². The summed E-state index contributed by atoms with van der Waals surface area (Å²) in [6.07, 6.45) is 1.48. The number of aromatic nitrogens is 1. The first-order chi connectivity index (χ1) is 17.6. The van der Waals surface area contributed by atoms with Crippen LogP contribution in [0.15, 0.2) is 82.2 Å². The van der Waals surface area contributed by atoms with Gasteiger partial charge in [-0.3, -0.25) is 9.59 Å². The fourth-order valence-corrected chi connectivity index (χ4v) is 4.72. The molecule has 3 heterocycles. The summed E-state index contributed by atoms with van der Waals surface area (Å²) in [5, 5.41) is 0.793. The number of fused-ring (bicyclic) bond motifs is 1. The standard InChI is InChI=1S/C28H27N3O5/c1-2-35-28(34)24-25(29-14-16-30(17-15-29)26(32)23-13-8-18-36-23)21-11-6-7-12-22(21)31(27(24)33)19-20-9-4-3-5-10-20/h3-13,18H,2,14-17,19H2,1H3. The molecule has 1 amide bonds. The van der Waals surface area contributed by atoms with Crippen molar-refractivity contribution < 1.29 is 18.7 Å². The molecular weight excluding hydrogens is 458 g/mol. The van der Waals surface area contributed by atoms with E-state index in [9.17, 15) is 14.4 Å². The fraction of sp³-hybridized carbons (Fsp3) is 0.250. The minimum Gasteiger partial charge on any atom is -0.462 e. The predicted octanol–water partition coefficient (Wildman–Crippen LogP) is 3.78. The molecule has 0 spiro atoms. The van der Waals surface area contributed by atoms with Gasteiger partial charge in [0.1, 0.15) is 5.56 Å². The Balaban J connectivity index is 1.57. The van der Waals surface area contributed by atoms with Crippen LogP contribution < -0.4 is 10.5 Å². The van der Waals surface area contributed by atoms with Gasteiger partial charge in [-0.2, -0.15) is 0 Å². The zero-order chi connectivity index (χ0) is 25.1. The minimum atomic E-state index is -0.640. The van der Waals surface area contributed by atoms with E-state index in [2.05, 4.69) is 0 Å². The van der Waals surface area contributed by atoms with Gasteiger partial charge in [-0.05, 0) is 30.7 Å². The first-order valence-electron chi connectivity index (χ1n) is 12.0. The molecular formula is C28H27N3O5. The summed E-state index contributed by atoms with van der Waals surface area (Å²) in [5.74, 6) is -0.516. The van der Waals surface area contributed by atoms with Crippen LogP contribution in [0.1, 0.15) is 33.4 Å². The quantitative estimate of drug-likeness (QED) is 0.387. The lowest BCUT2D eigenvalue weighted by molar-refractivity contribution is 0.0523. The zero-order valence-electron chi connectivity index (χ0n) is 20.1. The Labute approximate surface area is 208 Å². The van der Waals surface area contributed by atoms with E-state index in [1.807, 2.05) is 59.5 Å². The van der Waals surface area contributed by atoms with Gasteiger partial charge in [0.2, 0.25) is 0 Å². The number of hydrogen-bond acceptors (Lipinski definition) is 6. The van der Waals surface area contributed by atoms with Crippen LogP contribution in [0.25, 0.3) is 10.9 Å². The third-order valence-electron chi connectivity index (χ3n) is 6.42. The second-order valence-electron chi connectivity index (χ2n) is 8.59. The lowest BCUT2D eigenvalue weighted by Crippen LogP contribution is -2.49. The molecule has 0 unspecified atom stereocenters. The van der Waals surface area contributed by atoms with Gasteiger partial charge in [-0.15, -0.1) is 0 Å². The molecule has 0 N–H and O–H groups in total.